The molecule has 0 aliphatic rings. The largest absolute Gasteiger partial charge is 0.529 e. The van der Waals surface area contributed by atoms with E-state index in [1.165, 1.54) is 6.92 Å². The van der Waals surface area contributed by atoms with E-state index in [0.29, 0.717) is 5.19 Å². The molecule has 0 saturated heterocycles. The maximum Gasteiger partial charge on any atom is 0.529 e. The van der Waals surface area contributed by atoms with Gasteiger partial charge in [0.2, 0.25) is 5.91 Å². The second kappa shape index (κ2) is 4.40. The van der Waals surface area contributed by atoms with Gasteiger partial charge in [-0.3, -0.25) is 4.79 Å². The van der Waals surface area contributed by atoms with Crippen molar-refractivity contribution in [1.82, 2.24) is 5.16 Å². The molecule has 1 amide bonds. The number of carbonyl (C=O) groups is 1. The van der Waals surface area contributed by atoms with E-state index >= 15 is 0 Å². The fourth-order valence-corrected chi connectivity index (χ4v) is 3.19. The summed E-state index contributed by atoms with van der Waals surface area (Å²) < 4.78 is 4.85. The SMILES string of the molecule is CC(=O)Nc1noc(B(O)O)c1[Si](C)(C)C. The van der Waals surface area contributed by atoms with E-state index in [-0.39, 0.29) is 17.4 Å². The van der Waals surface area contributed by atoms with Crippen LogP contribution in [0.15, 0.2) is 4.52 Å². The number of amides is 1. The van der Waals surface area contributed by atoms with Crippen molar-refractivity contribution in [3.63, 3.8) is 0 Å². The number of aromatic nitrogens is 1. The van der Waals surface area contributed by atoms with Crippen LogP contribution in [-0.2, 0) is 4.79 Å². The Morgan fingerprint density at radius 1 is 1.44 bits per heavy atom. The summed E-state index contributed by atoms with van der Waals surface area (Å²) in [5.41, 5.74) is 0.0166. The number of hydrogen-bond acceptors (Lipinski definition) is 5. The Labute approximate surface area is 94.8 Å². The van der Waals surface area contributed by atoms with Gasteiger partial charge in [-0.25, -0.2) is 0 Å². The van der Waals surface area contributed by atoms with Gasteiger partial charge >= 0.3 is 7.12 Å². The molecule has 0 spiro atoms. The number of nitrogens with one attached hydrogen (secondary N) is 1. The molecule has 0 aromatic carbocycles. The summed E-state index contributed by atoms with van der Waals surface area (Å²) in [5, 5.41) is 25.1. The molecule has 0 fully saturated rings. The average Bonchev–Trinajstić information content (AvgIpc) is 2.45. The number of hydrogen-bond donors (Lipinski definition) is 3. The third-order valence-electron chi connectivity index (χ3n) is 2.00. The molecule has 1 rings (SSSR count). The predicted molar refractivity (Wildman–Crippen MR) is 63.6 cm³/mol. The maximum atomic E-state index is 11.0. The lowest BCUT2D eigenvalue weighted by Crippen LogP contribution is -2.52. The molecule has 3 N–H and O–H groups in total. The minimum Gasteiger partial charge on any atom is -0.421 e. The molecule has 1 aromatic heterocycles. The third-order valence-corrected chi connectivity index (χ3v) is 3.98. The highest BCUT2D eigenvalue weighted by molar-refractivity contribution is 6.93. The summed E-state index contributed by atoms with van der Waals surface area (Å²) in [6.45, 7) is 7.35. The van der Waals surface area contributed by atoms with Gasteiger partial charge in [-0.1, -0.05) is 24.8 Å². The zero-order valence-electron chi connectivity index (χ0n) is 9.74. The molecule has 0 atom stereocenters. The fraction of sp³-hybridized carbons (Fsp3) is 0.500. The summed E-state index contributed by atoms with van der Waals surface area (Å²) in [6.07, 6.45) is 0. The lowest BCUT2D eigenvalue weighted by molar-refractivity contribution is -0.114. The zero-order chi connectivity index (χ0) is 12.5. The van der Waals surface area contributed by atoms with Crippen molar-refractivity contribution in [2.45, 2.75) is 26.6 Å². The number of carbonyl (C=O) groups excluding carboxylic acids is 1. The molecule has 6 nitrogen and oxygen atoms in total. The highest BCUT2D eigenvalue weighted by Gasteiger charge is 2.34. The van der Waals surface area contributed by atoms with Crippen molar-refractivity contribution >= 4 is 37.8 Å². The van der Waals surface area contributed by atoms with Crippen LogP contribution in [0.4, 0.5) is 5.82 Å². The van der Waals surface area contributed by atoms with E-state index in [0.717, 1.165) is 0 Å². The van der Waals surface area contributed by atoms with E-state index in [9.17, 15) is 4.79 Å². The lowest BCUT2D eigenvalue weighted by Gasteiger charge is -2.16. The molecule has 1 aromatic rings. The minimum absolute atomic E-state index is 0.0166. The lowest BCUT2D eigenvalue weighted by atomic mass is 9.88. The Bertz CT molecular complexity index is 399. The first-order valence-electron chi connectivity index (χ1n) is 4.87. The Morgan fingerprint density at radius 2 is 2.00 bits per heavy atom. The monoisotopic (exact) mass is 242 g/mol. The molecule has 8 heteroatoms. The molecule has 0 aliphatic heterocycles. The van der Waals surface area contributed by atoms with Crippen LogP contribution >= 0.6 is 0 Å². The summed E-state index contributed by atoms with van der Waals surface area (Å²) in [7, 11) is -3.60. The number of rotatable bonds is 3. The number of nitrogens with zero attached hydrogens (tertiary/aromatic N) is 1. The quantitative estimate of drug-likeness (QED) is 0.582. The first kappa shape index (κ1) is 12.9. The molecule has 0 unspecified atom stereocenters. The van der Waals surface area contributed by atoms with Gasteiger partial charge in [0.05, 0.1) is 8.07 Å². The molecule has 1 heterocycles. The van der Waals surface area contributed by atoms with Crippen LogP contribution in [0, 0.1) is 0 Å². The summed E-state index contributed by atoms with van der Waals surface area (Å²) in [4.78, 5) is 11.0. The second-order valence-electron chi connectivity index (χ2n) is 4.58. The molecule has 0 aliphatic carbocycles. The Morgan fingerprint density at radius 3 is 2.38 bits per heavy atom. The van der Waals surface area contributed by atoms with Crippen LogP contribution in [0.25, 0.3) is 0 Å². The summed E-state index contributed by atoms with van der Waals surface area (Å²) in [6, 6.07) is 0. The minimum atomic E-state index is -1.89. The zero-order valence-corrected chi connectivity index (χ0v) is 10.7. The Kier molecular flexibility index (Phi) is 3.56. The van der Waals surface area contributed by atoms with E-state index in [1.807, 2.05) is 19.6 Å². The maximum absolute atomic E-state index is 11.0. The van der Waals surface area contributed by atoms with Crippen molar-refractivity contribution in [2.24, 2.45) is 0 Å². The first-order chi connectivity index (χ1) is 7.23. The van der Waals surface area contributed by atoms with Crippen molar-refractivity contribution in [3.8, 4) is 0 Å². The van der Waals surface area contributed by atoms with Crippen molar-refractivity contribution in [2.75, 3.05) is 5.32 Å². The van der Waals surface area contributed by atoms with E-state index in [2.05, 4.69) is 10.5 Å². The Hall–Kier alpha value is -1.12. The molecule has 88 valence electrons. The molecule has 0 saturated carbocycles. The van der Waals surface area contributed by atoms with Gasteiger partial charge in [0.15, 0.2) is 11.5 Å². The van der Waals surface area contributed by atoms with Crippen molar-refractivity contribution in [3.05, 3.63) is 0 Å². The normalized spacial score (nSPS) is 11.4. The Balaban J connectivity index is 3.25. The molecular formula is C8H15BN2O4Si. The highest BCUT2D eigenvalue weighted by Crippen LogP contribution is 2.08. The molecule has 16 heavy (non-hydrogen) atoms. The predicted octanol–water partition coefficient (Wildman–Crippen LogP) is -1.14. The van der Waals surface area contributed by atoms with Crippen molar-refractivity contribution < 1.29 is 19.4 Å². The summed E-state index contributed by atoms with van der Waals surface area (Å²) >= 11 is 0. The average molecular weight is 242 g/mol. The van der Waals surface area contributed by atoms with Gasteiger partial charge in [-0.15, -0.1) is 0 Å². The first-order valence-corrected chi connectivity index (χ1v) is 8.37. The molecular weight excluding hydrogens is 227 g/mol. The van der Waals surface area contributed by atoms with Crippen LogP contribution in [0.2, 0.25) is 19.6 Å². The van der Waals surface area contributed by atoms with Gasteiger partial charge in [0.25, 0.3) is 0 Å². The topological polar surface area (TPSA) is 95.6 Å². The van der Waals surface area contributed by atoms with E-state index in [4.69, 9.17) is 14.6 Å². The van der Waals surface area contributed by atoms with Gasteiger partial charge in [0, 0.05) is 12.1 Å². The van der Waals surface area contributed by atoms with Crippen LogP contribution in [0.5, 0.6) is 0 Å². The van der Waals surface area contributed by atoms with Gasteiger partial charge in [-0.05, 0) is 0 Å². The van der Waals surface area contributed by atoms with Crippen LogP contribution in [-0.4, -0.2) is 36.3 Å². The standard InChI is InChI=1S/C8H15BN2O4Si/c1-5(12)10-8-6(16(2,3)4)7(9(13)14)15-11-8/h13-14H,1-4H3,(H,10,11,12). The van der Waals surface area contributed by atoms with Gasteiger partial charge < -0.3 is 19.9 Å². The smallest absolute Gasteiger partial charge is 0.421 e. The van der Waals surface area contributed by atoms with Crippen molar-refractivity contribution in [1.29, 1.82) is 0 Å². The van der Waals surface area contributed by atoms with Crippen LogP contribution in [0.1, 0.15) is 6.92 Å². The van der Waals surface area contributed by atoms with Crippen LogP contribution in [0.3, 0.4) is 0 Å². The fourth-order valence-electron chi connectivity index (χ4n) is 1.46. The highest BCUT2D eigenvalue weighted by atomic mass is 28.3. The number of anilines is 1. The molecule has 0 radical (unpaired) electrons. The van der Waals surface area contributed by atoms with Crippen LogP contribution < -0.4 is 16.2 Å². The molecule has 0 bridgehead atoms. The van der Waals surface area contributed by atoms with Gasteiger partial charge in [-0.2, -0.15) is 0 Å². The van der Waals surface area contributed by atoms with E-state index < -0.39 is 15.2 Å². The third kappa shape index (κ3) is 2.71. The van der Waals surface area contributed by atoms with Gasteiger partial charge in [0.1, 0.15) is 0 Å². The second-order valence-corrected chi connectivity index (χ2v) is 9.58. The van der Waals surface area contributed by atoms with E-state index in [1.54, 1.807) is 0 Å². The summed E-state index contributed by atoms with van der Waals surface area (Å²) in [5.74, 6) is 0.0153.